The highest BCUT2D eigenvalue weighted by Gasteiger charge is 2.23. The summed E-state index contributed by atoms with van der Waals surface area (Å²) in [5.41, 5.74) is 3.82. The molecule has 0 saturated heterocycles. The largest absolute Gasteiger partial charge is 0.418 e. The van der Waals surface area contributed by atoms with Gasteiger partial charge in [0.2, 0.25) is 0 Å². The van der Waals surface area contributed by atoms with Crippen LogP contribution in [-0.4, -0.2) is 38.6 Å². The molecule has 8 aromatic rings. The maximum Gasteiger partial charge on any atom is 0.263 e. The summed E-state index contributed by atoms with van der Waals surface area (Å²) in [7, 11) is -2.90. The third-order valence-electron chi connectivity index (χ3n) is 9.87. The van der Waals surface area contributed by atoms with Gasteiger partial charge in [-0.15, -0.1) is 22.7 Å². The van der Waals surface area contributed by atoms with Gasteiger partial charge in [0.05, 0.1) is 31.5 Å². The summed E-state index contributed by atoms with van der Waals surface area (Å²) in [6.07, 6.45) is 8.76. The number of aromatic nitrogens is 2. The third-order valence-corrected chi connectivity index (χ3v) is 14.3. The standard InChI is InChI=1S/C40H46N2O4S2Si2/c1-49(2,3)45-19-11-7-9-13-25-21-33-35(47-25)23-31-27-15-18-30-38-28(16-17-29(37(27)38)39(43)41(31)33)32-24-36-34(42(32)40(30)44)22-26(48-36)14-10-8-12-20-46-50(4,5)6/h15-18,21-24H,7-14,19-20H2,1-6H3. The van der Waals surface area contributed by atoms with Crippen molar-refractivity contribution in [3.05, 3.63) is 79.0 Å². The molecular weight excluding hydrogens is 693 g/mol. The quantitative estimate of drug-likeness (QED) is 0.0633. The van der Waals surface area contributed by atoms with E-state index in [1.807, 2.05) is 20.9 Å². The van der Waals surface area contributed by atoms with E-state index in [2.05, 4.69) is 75.7 Å². The summed E-state index contributed by atoms with van der Waals surface area (Å²) < 4.78 is 18.1. The second kappa shape index (κ2) is 12.8. The van der Waals surface area contributed by atoms with Gasteiger partial charge >= 0.3 is 0 Å². The molecule has 50 heavy (non-hydrogen) atoms. The lowest BCUT2D eigenvalue weighted by molar-refractivity contribution is 0.299. The summed E-state index contributed by atoms with van der Waals surface area (Å²) in [6, 6.07) is 16.9. The highest BCUT2D eigenvalue weighted by molar-refractivity contribution is 7.19. The number of hydrogen-bond acceptors (Lipinski definition) is 6. The number of benzene rings is 2. The topological polar surface area (TPSA) is 61.4 Å². The van der Waals surface area contributed by atoms with Crippen LogP contribution >= 0.6 is 22.7 Å². The Morgan fingerprint density at radius 3 is 1.32 bits per heavy atom. The van der Waals surface area contributed by atoms with Crippen molar-refractivity contribution in [2.24, 2.45) is 0 Å². The molecule has 0 N–H and O–H groups in total. The van der Waals surface area contributed by atoms with Gasteiger partial charge in [0, 0.05) is 55.3 Å². The minimum atomic E-state index is -1.45. The lowest BCUT2D eigenvalue weighted by atomic mass is 9.95. The number of thiophene rings is 2. The Bertz CT molecular complexity index is 2460. The molecule has 0 saturated carbocycles. The molecule has 260 valence electrons. The van der Waals surface area contributed by atoms with Crippen LogP contribution in [0.2, 0.25) is 39.3 Å². The van der Waals surface area contributed by atoms with Crippen LogP contribution in [0.4, 0.5) is 0 Å². The van der Waals surface area contributed by atoms with E-state index in [9.17, 15) is 9.59 Å². The monoisotopic (exact) mass is 738 g/mol. The zero-order valence-electron chi connectivity index (χ0n) is 30.0. The van der Waals surface area contributed by atoms with Crippen molar-refractivity contribution in [1.29, 1.82) is 0 Å². The smallest absolute Gasteiger partial charge is 0.263 e. The number of fused-ring (bicyclic) bond motifs is 8. The van der Waals surface area contributed by atoms with E-state index in [-0.39, 0.29) is 11.1 Å². The van der Waals surface area contributed by atoms with Gasteiger partial charge in [0.15, 0.2) is 16.6 Å². The first-order chi connectivity index (χ1) is 23.9. The Kier molecular flexibility index (Phi) is 8.72. The lowest BCUT2D eigenvalue weighted by Crippen LogP contribution is -2.25. The van der Waals surface area contributed by atoms with Crippen LogP contribution in [0.3, 0.4) is 0 Å². The molecule has 0 spiro atoms. The summed E-state index contributed by atoms with van der Waals surface area (Å²) >= 11 is 3.60. The molecule has 0 amide bonds. The van der Waals surface area contributed by atoms with Crippen molar-refractivity contribution >= 4 is 103 Å². The first kappa shape index (κ1) is 34.0. The van der Waals surface area contributed by atoms with Gasteiger partial charge in [-0.25, -0.2) is 0 Å². The van der Waals surface area contributed by atoms with E-state index in [0.717, 1.165) is 118 Å². The fraction of sp³-hybridized carbons (Fsp3) is 0.400. The second-order valence-corrected chi connectivity index (χ2v) is 27.2. The number of pyridine rings is 2. The van der Waals surface area contributed by atoms with Gasteiger partial charge in [-0.1, -0.05) is 25.0 Å². The van der Waals surface area contributed by atoms with Gasteiger partial charge in [0.1, 0.15) is 0 Å². The van der Waals surface area contributed by atoms with Gasteiger partial charge < -0.3 is 8.85 Å². The maximum absolute atomic E-state index is 14.2. The van der Waals surface area contributed by atoms with Crippen molar-refractivity contribution in [2.75, 3.05) is 13.2 Å². The van der Waals surface area contributed by atoms with Crippen LogP contribution in [0.15, 0.2) is 58.1 Å². The van der Waals surface area contributed by atoms with Crippen LogP contribution in [0.25, 0.3) is 63.8 Å². The van der Waals surface area contributed by atoms with Crippen LogP contribution in [0.1, 0.15) is 48.3 Å². The van der Waals surface area contributed by atoms with Crippen molar-refractivity contribution in [1.82, 2.24) is 8.80 Å². The molecule has 0 aliphatic heterocycles. The molecule has 2 aromatic carbocycles. The first-order valence-corrected chi connectivity index (χ1v) is 26.6. The van der Waals surface area contributed by atoms with Crippen molar-refractivity contribution in [3.63, 3.8) is 0 Å². The molecule has 0 atom stereocenters. The Balaban J connectivity index is 1.11. The lowest BCUT2D eigenvalue weighted by Gasteiger charge is -2.16. The minimum Gasteiger partial charge on any atom is -0.418 e. The minimum absolute atomic E-state index is 0.00915. The van der Waals surface area contributed by atoms with Gasteiger partial charge in [0.25, 0.3) is 11.1 Å². The highest BCUT2D eigenvalue weighted by atomic mass is 32.1. The first-order valence-electron chi connectivity index (χ1n) is 18.1. The normalized spacial score (nSPS) is 13.3. The Labute approximate surface area is 302 Å². The Morgan fingerprint density at radius 2 is 0.920 bits per heavy atom. The predicted molar refractivity (Wildman–Crippen MR) is 220 cm³/mol. The number of unbranched alkanes of at least 4 members (excludes halogenated alkanes) is 4. The number of rotatable bonds is 14. The molecule has 6 heterocycles. The fourth-order valence-electron chi connectivity index (χ4n) is 7.60. The van der Waals surface area contributed by atoms with Crippen LogP contribution in [0, 0.1) is 0 Å². The van der Waals surface area contributed by atoms with Crippen LogP contribution < -0.4 is 11.1 Å². The summed E-state index contributed by atoms with van der Waals surface area (Å²) in [5, 5.41) is 5.22. The van der Waals surface area contributed by atoms with Gasteiger partial charge in [-0.2, -0.15) is 0 Å². The molecule has 0 unspecified atom stereocenters. The Hall–Kier alpha value is -3.13. The summed E-state index contributed by atoms with van der Waals surface area (Å²) in [6.45, 7) is 15.1. The summed E-state index contributed by atoms with van der Waals surface area (Å²) in [5.74, 6) is 0. The van der Waals surface area contributed by atoms with Gasteiger partial charge in [-0.3, -0.25) is 18.4 Å². The molecule has 8 rings (SSSR count). The van der Waals surface area contributed by atoms with E-state index in [1.54, 1.807) is 22.7 Å². The van der Waals surface area contributed by atoms with E-state index in [4.69, 9.17) is 8.85 Å². The maximum atomic E-state index is 14.2. The summed E-state index contributed by atoms with van der Waals surface area (Å²) in [4.78, 5) is 31.1. The molecule has 0 radical (unpaired) electrons. The molecule has 0 aliphatic carbocycles. The molecular formula is C40H46N2O4S2Si2. The molecule has 0 bridgehead atoms. The molecule has 0 aliphatic rings. The molecule has 10 heteroatoms. The molecule has 6 nitrogen and oxygen atoms in total. The van der Waals surface area contributed by atoms with E-state index in [0.29, 0.717) is 10.8 Å². The number of hydrogen-bond donors (Lipinski definition) is 0. The Morgan fingerprint density at radius 1 is 0.520 bits per heavy atom. The second-order valence-electron chi connectivity index (χ2n) is 15.9. The fourth-order valence-corrected chi connectivity index (χ4v) is 11.4. The average molecular weight is 739 g/mol. The van der Waals surface area contributed by atoms with E-state index in [1.165, 1.54) is 9.75 Å². The SMILES string of the molecule is C[Si](C)(C)OCCCCCc1cc2c(cc3c4ccc5c(=O)n6c7cc(CCCCCO[Si](C)(C)C)sc7cc6c6ccc(c(=O)n23)c4c56)s1. The zero-order valence-corrected chi connectivity index (χ0v) is 33.7. The predicted octanol–water partition coefficient (Wildman–Crippen LogP) is 10.8. The zero-order chi connectivity index (χ0) is 34.9. The average Bonchev–Trinajstić information content (AvgIpc) is 3.80. The van der Waals surface area contributed by atoms with E-state index >= 15 is 0 Å². The van der Waals surface area contributed by atoms with Gasteiger partial charge in [-0.05, 0) is 114 Å². The van der Waals surface area contributed by atoms with Crippen molar-refractivity contribution in [3.8, 4) is 0 Å². The number of aryl methyl sites for hydroxylation is 2. The van der Waals surface area contributed by atoms with Crippen LogP contribution in [0.5, 0.6) is 0 Å². The van der Waals surface area contributed by atoms with E-state index < -0.39 is 16.6 Å². The van der Waals surface area contributed by atoms with Crippen LogP contribution in [-0.2, 0) is 21.7 Å². The van der Waals surface area contributed by atoms with Crippen molar-refractivity contribution in [2.45, 2.75) is 90.6 Å². The highest BCUT2D eigenvalue weighted by Crippen LogP contribution is 2.40. The van der Waals surface area contributed by atoms with Crippen molar-refractivity contribution < 1.29 is 8.85 Å². The number of nitrogens with zero attached hydrogens (tertiary/aromatic N) is 2. The molecule has 6 aromatic heterocycles. The third kappa shape index (κ3) is 6.11. The molecule has 0 fully saturated rings.